The number of hydrogen-bond donors (Lipinski definition) is 3. The number of halogens is 3. The molecule has 12 heteroatoms. The number of nitrogens with one attached hydrogen (secondary N) is 1. The van der Waals surface area contributed by atoms with Gasteiger partial charge in [0.15, 0.2) is 0 Å². The average molecular weight is 491 g/mol. The largest absolute Gasteiger partial charge is 0.490 e. The molecule has 0 saturated heterocycles. The van der Waals surface area contributed by atoms with Crippen LogP contribution in [0.3, 0.4) is 0 Å². The zero-order chi connectivity index (χ0) is 25.4. The first-order valence-electron chi connectivity index (χ1n) is 10.8. The number of rotatable bonds is 8. The van der Waals surface area contributed by atoms with Crippen LogP contribution in [-0.4, -0.2) is 61.2 Å². The highest BCUT2D eigenvalue weighted by molar-refractivity contribution is 5.90. The maximum atomic E-state index is 11.9. The Morgan fingerprint density at radius 1 is 1.03 bits per heavy atom. The Balaban J connectivity index is 0.000000429. The van der Waals surface area contributed by atoms with Crippen LogP contribution in [0.15, 0.2) is 43.0 Å². The summed E-state index contributed by atoms with van der Waals surface area (Å²) in [5, 5.41) is 24.9. The van der Waals surface area contributed by atoms with Crippen LogP contribution in [0.1, 0.15) is 33.6 Å². The Morgan fingerprint density at radius 2 is 1.71 bits per heavy atom. The Bertz CT molecular complexity index is 1170. The van der Waals surface area contributed by atoms with Crippen molar-refractivity contribution in [3.63, 3.8) is 0 Å². The van der Waals surface area contributed by atoms with Crippen LogP contribution in [0.25, 0.3) is 11.3 Å². The molecular formula is C23H24F3N5O4. The lowest BCUT2D eigenvalue weighted by molar-refractivity contribution is -0.192. The van der Waals surface area contributed by atoms with Crippen LogP contribution in [0.4, 0.5) is 13.2 Å². The maximum Gasteiger partial charge on any atom is 0.490 e. The lowest BCUT2D eigenvalue weighted by atomic mass is 9.90. The molecule has 0 unspecified atom stereocenters. The van der Waals surface area contributed by atoms with E-state index in [1.165, 1.54) is 5.56 Å². The van der Waals surface area contributed by atoms with E-state index in [4.69, 9.17) is 9.90 Å². The van der Waals surface area contributed by atoms with E-state index in [0.717, 1.165) is 54.7 Å². The fourth-order valence-corrected chi connectivity index (χ4v) is 3.73. The predicted molar refractivity (Wildman–Crippen MR) is 119 cm³/mol. The van der Waals surface area contributed by atoms with E-state index in [0.29, 0.717) is 18.7 Å². The first-order chi connectivity index (χ1) is 16.7. The molecule has 186 valence electrons. The van der Waals surface area contributed by atoms with Gasteiger partial charge >= 0.3 is 18.1 Å². The number of hydrogen-bond acceptors (Lipinski definition) is 6. The third-order valence-electron chi connectivity index (χ3n) is 5.36. The molecule has 0 amide bonds. The first kappa shape index (κ1) is 25.8. The molecule has 3 aromatic rings. The number of fused-ring (bicyclic) bond motifs is 3. The second-order valence-electron chi connectivity index (χ2n) is 7.75. The normalized spacial score (nSPS) is 12.2. The van der Waals surface area contributed by atoms with Crippen molar-refractivity contribution in [1.29, 1.82) is 0 Å². The minimum atomic E-state index is -5.08. The van der Waals surface area contributed by atoms with Crippen LogP contribution in [0.5, 0.6) is 0 Å². The highest BCUT2D eigenvalue weighted by Gasteiger charge is 2.38. The van der Waals surface area contributed by atoms with E-state index in [2.05, 4.69) is 20.4 Å². The second-order valence-corrected chi connectivity index (χ2v) is 7.75. The third kappa shape index (κ3) is 6.85. The molecule has 0 spiro atoms. The molecule has 1 aliphatic carbocycles. The van der Waals surface area contributed by atoms with Crippen molar-refractivity contribution in [3.05, 3.63) is 65.4 Å². The average Bonchev–Trinajstić information content (AvgIpc) is 3.21. The van der Waals surface area contributed by atoms with Crippen molar-refractivity contribution >= 4 is 11.9 Å². The lowest BCUT2D eigenvalue weighted by Gasteiger charge is -2.14. The van der Waals surface area contributed by atoms with E-state index in [-0.39, 0.29) is 0 Å². The highest BCUT2D eigenvalue weighted by Crippen LogP contribution is 2.34. The van der Waals surface area contributed by atoms with E-state index in [1.807, 2.05) is 24.4 Å². The first-order valence-corrected chi connectivity index (χ1v) is 10.8. The summed E-state index contributed by atoms with van der Waals surface area (Å²) in [7, 11) is 0. The molecule has 0 saturated carbocycles. The zero-order valence-corrected chi connectivity index (χ0v) is 18.6. The van der Waals surface area contributed by atoms with Crippen LogP contribution >= 0.6 is 0 Å². The summed E-state index contributed by atoms with van der Waals surface area (Å²) in [5.74, 6) is -3.66. The number of aromatic carboxylic acids is 1. The monoisotopic (exact) mass is 491 g/mol. The van der Waals surface area contributed by atoms with Crippen molar-refractivity contribution in [3.8, 4) is 11.3 Å². The van der Waals surface area contributed by atoms with Gasteiger partial charge in [-0.3, -0.25) is 14.6 Å². The van der Waals surface area contributed by atoms with Gasteiger partial charge in [-0.2, -0.15) is 18.3 Å². The lowest BCUT2D eigenvalue weighted by Crippen LogP contribution is -2.21. The fraction of sp³-hybridized carbons (Fsp3) is 0.348. The number of alkyl halides is 3. The summed E-state index contributed by atoms with van der Waals surface area (Å²) in [6.07, 6.45) is 5.38. The molecule has 1 aliphatic rings. The van der Waals surface area contributed by atoms with Gasteiger partial charge in [-0.25, -0.2) is 9.59 Å². The van der Waals surface area contributed by atoms with Gasteiger partial charge in [0.05, 0.1) is 5.69 Å². The van der Waals surface area contributed by atoms with Crippen LogP contribution < -0.4 is 5.32 Å². The number of nitrogens with zero attached hydrogens (tertiary/aromatic N) is 4. The molecule has 0 fully saturated rings. The number of aromatic nitrogens is 4. The van der Waals surface area contributed by atoms with Crippen molar-refractivity contribution in [2.24, 2.45) is 0 Å². The number of aryl methyl sites for hydroxylation is 2. The Hall–Kier alpha value is -3.80. The summed E-state index contributed by atoms with van der Waals surface area (Å²) in [5.41, 5.74) is 5.36. The topological polar surface area (TPSA) is 130 Å². The molecule has 0 aliphatic heterocycles. The second kappa shape index (κ2) is 11.6. The number of pyridine rings is 2. The molecule has 4 rings (SSSR count). The summed E-state index contributed by atoms with van der Waals surface area (Å²) < 4.78 is 33.4. The van der Waals surface area contributed by atoms with Crippen molar-refractivity contribution in [2.45, 2.75) is 38.4 Å². The van der Waals surface area contributed by atoms with Gasteiger partial charge in [0, 0.05) is 42.5 Å². The quantitative estimate of drug-likeness (QED) is 0.410. The van der Waals surface area contributed by atoms with E-state index >= 15 is 0 Å². The van der Waals surface area contributed by atoms with Gasteiger partial charge in [0.1, 0.15) is 5.69 Å². The minimum Gasteiger partial charge on any atom is -0.477 e. The van der Waals surface area contributed by atoms with Crippen LogP contribution in [0.2, 0.25) is 0 Å². The molecular weight excluding hydrogens is 467 g/mol. The van der Waals surface area contributed by atoms with Crippen molar-refractivity contribution < 1.29 is 33.0 Å². The summed E-state index contributed by atoms with van der Waals surface area (Å²) >= 11 is 0. The molecule has 0 bridgehead atoms. The van der Waals surface area contributed by atoms with Gasteiger partial charge in [-0.1, -0.05) is 0 Å². The number of aliphatic carboxylic acids is 1. The Labute approximate surface area is 198 Å². The molecule has 0 atom stereocenters. The molecule has 3 N–H and O–H groups in total. The SMILES string of the molecule is O=C(O)C(F)(F)F.O=C(O)c1c2c(nn1CCCNCCc1ccncc1)-c1ccncc1CC2. The number of carboxylic acids is 2. The molecule has 9 nitrogen and oxygen atoms in total. The molecule has 0 radical (unpaired) electrons. The van der Waals surface area contributed by atoms with E-state index in [9.17, 15) is 23.1 Å². The highest BCUT2D eigenvalue weighted by atomic mass is 19.4. The summed E-state index contributed by atoms with van der Waals surface area (Å²) in [4.78, 5) is 29.0. The molecule has 3 aromatic heterocycles. The smallest absolute Gasteiger partial charge is 0.477 e. The Kier molecular flexibility index (Phi) is 8.53. The van der Waals surface area contributed by atoms with Gasteiger partial charge in [0.25, 0.3) is 0 Å². The van der Waals surface area contributed by atoms with Crippen molar-refractivity contribution in [2.75, 3.05) is 13.1 Å². The van der Waals surface area contributed by atoms with Crippen LogP contribution in [-0.2, 0) is 30.6 Å². The summed E-state index contributed by atoms with van der Waals surface area (Å²) in [6.45, 7) is 2.28. The fourth-order valence-electron chi connectivity index (χ4n) is 3.73. The number of carbonyl (C=O) groups is 2. The minimum absolute atomic E-state index is 0.328. The van der Waals surface area contributed by atoms with Gasteiger partial charge in [-0.05, 0) is 68.1 Å². The van der Waals surface area contributed by atoms with E-state index < -0.39 is 18.1 Å². The standard InChI is InChI=1S/C21H23N5O2.C2HF3O2/c27-21(28)20-18-3-2-16-14-24-12-7-17(16)19(18)25-26(20)13-1-8-22-9-4-15-5-10-23-11-6-15;3-2(4,5)1(6)7/h5-7,10-12,14,22H,1-4,8-9,13H2,(H,27,28);(H,6,7). The molecule has 3 heterocycles. The van der Waals surface area contributed by atoms with Gasteiger partial charge in [-0.15, -0.1) is 0 Å². The van der Waals surface area contributed by atoms with E-state index in [1.54, 1.807) is 23.3 Å². The molecule has 35 heavy (non-hydrogen) atoms. The summed E-state index contributed by atoms with van der Waals surface area (Å²) in [6, 6.07) is 5.96. The zero-order valence-electron chi connectivity index (χ0n) is 18.6. The number of carboxylic acid groups (broad SMARTS) is 2. The molecule has 0 aromatic carbocycles. The van der Waals surface area contributed by atoms with Gasteiger partial charge < -0.3 is 15.5 Å². The predicted octanol–water partition coefficient (Wildman–Crippen LogP) is 2.99. The third-order valence-corrected chi connectivity index (χ3v) is 5.36. The maximum absolute atomic E-state index is 11.9. The van der Waals surface area contributed by atoms with Gasteiger partial charge in [0.2, 0.25) is 0 Å². The Morgan fingerprint density at radius 3 is 2.37 bits per heavy atom. The van der Waals surface area contributed by atoms with Crippen molar-refractivity contribution in [1.82, 2.24) is 25.1 Å². The van der Waals surface area contributed by atoms with Crippen LogP contribution in [0, 0.1) is 0 Å².